The maximum absolute atomic E-state index is 9.33. The van der Waals surface area contributed by atoms with Crippen LogP contribution >= 0.6 is 0 Å². The summed E-state index contributed by atoms with van der Waals surface area (Å²) in [5.74, 6) is 3.33. The van der Waals surface area contributed by atoms with E-state index in [0.717, 1.165) is 56.8 Å². The Bertz CT molecular complexity index is 652. The molecule has 2 saturated heterocycles. The summed E-state index contributed by atoms with van der Waals surface area (Å²) < 4.78 is 0. The lowest BCUT2D eigenvalue weighted by Crippen LogP contribution is -2.40. The van der Waals surface area contributed by atoms with Gasteiger partial charge in [-0.05, 0) is 68.1 Å². The summed E-state index contributed by atoms with van der Waals surface area (Å²) in [5, 5.41) is 12.9. The predicted molar refractivity (Wildman–Crippen MR) is 120 cm³/mol. The fraction of sp³-hybridized carbons (Fsp3) is 0.708. The lowest BCUT2D eigenvalue weighted by molar-refractivity contribution is 0.203. The summed E-state index contributed by atoms with van der Waals surface area (Å²) in [6, 6.07) is 8.93. The zero-order valence-electron chi connectivity index (χ0n) is 18.0. The molecule has 1 saturated carbocycles. The highest BCUT2D eigenvalue weighted by molar-refractivity contribution is 5.80. The molecule has 2 aliphatic heterocycles. The van der Waals surface area contributed by atoms with Crippen LogP contribution in [0.3, 0.4) is 0 Å². The minimum Gasteiger partial charge on any atom is -0.396 e. The van der Waals surface area contributed by atoms with E-state index in [4.69, 9.17) is 4.99 Å². The molecule has 3 fully saturated rings. The number of benzene rings is 1. The minimum absolute atomic E-state index is 0.331. The number of aliphatic hydroxyl groups excluding tert-OH is 1. The quantitative estimate of drug-likeness (QED) is 0.589. The first-order valence-corrected chi connectivity index (χ1v) is 11.7. The van der Waals surface area contributed by atoms with Crippen LogP contribution in [-0.2, 0) is 6.54 Å². The Balaban J connectivity index is 1.35. The van der Waals surface area contributed by atoms with Crippen molar-refractivity contribution < 1.29 is 5.11 Å². The lowest BCUT2D eigenvalue weighted by Gasteiger charge is -2.32. The molecular weight excluding hydrogens is 360 g/mol. The summed E-state index contributed by atoms with van der Waals surface area (Å²) in [4.78, 5) is 9.92. The van der Waals surface area contributed by atoms with E-state index in [1.54, 1.807) is 0 Å². The van der Waals surface area contributed by atoms with Gasteiger partial charge in [-0.1, -0.05) is 25.0 Å². The first-order chi connectivity index (χ1) is 14.3. The molecule has 0 aromatic heterocycles. The van der Waals surface area contributed by atoms with Gasteiger partial charge < -0.3 is 20.2 Å². The molecule has 0 radical (unpaired) electrons. The molecule has 1 aliphatic carbocycles. The Hall–Kier alpha value is -1.75. The third kappa shape index (κ3) is 5.06. The largest absolute Gasteiger partial charge is 0.396 e. The molecule has 160 valence electrons. The molecule has 1 aromatic carbocycles. The van der Waals surface area contributed by atoms with E-state index >= 15 is 0 Å². The smallest absolute Gasteiger partial charge is 0.194 e. The third-order valence-electron chi connectivity index (χ3n) is 7.20. The minimum atomic E-state index is 0.331. The van der Waals surface area contributed by atoms with Crippen LogP contribution in [0.25, 0.3) is 0 Å². The van der Waals surface area contributed by atoms with Crippen LogP contribution < -0.4 is 10.2 Å². The van der Waals surface area contributed by atoms with Crippen molar-refractivity contribution in [3.63, 3.8) is 0 Å². The van der Waals surface area contributed by atoms with E-state index in [2.05, 4.69) is 46.3 Å². The highest BCUT2D eigenvalue weighted by Crippen LogP contribution is 2.36. The van der Waals surface area contributed by atoms with E-state index < -0.39 is 0 Å². The number of anilines is 1. The molecule has 0 spiro atoms. The second-order valence-corrected chi connectivity index (χ2v) is 9.16. The Labute approximate surface area is 176 Å². The topological polar surface area (TPSA) is 51.1 Å². The number of rotatable bonds is 5. The molecule has 3 aliphatic rings. The van der Waals surface area contributed by atoms with Crippen molar-refractivity contribution in [2.75, 3.05) is 44.2 Å². The summed E-state index contributed by atoms with van der Waals surface area (Å²) in [6.07, 6.45) is 7.80. The molecule has 5 nitrogen and oxygen atoms in total. The molecule has 1 aromatic rings. The van der Waals surface area contributed by atoms with Gasteiger partial charge in [-0.2, -0.15) is 0 Å². The van der Waals surface area contributed by atoms with E-state index in [9.17, 15) is 5.11 Å². The number of hydrogen-bond acceptors (Lipinski definition) is 3. The van der Waals surface area contributed by atoms with Crippen LogP contribution in [0.4, 0.5) is 5.69 Å². The molecule has 0 amide bonds. The number of aliphatic imine (C=N–C) groups is 1. The van der Waals surface area contributed by atoms with E-state index in [-0.39, 0.29) is 0 Å². The van der Waals surface area contributed by atoms with Gasteiger partial charge in [-0.3, -0.25) is 0 Å². The van der Waals surface area contributed by atoms with Gasteiger partial charge in [0.15, 0.2) is 5.96 Å². The molecule has 2 N–H and O–H groups in total. The maximum atomic E-state index is 9.33. The average Bonchev–Trinajstić information content (AvgIpc) is 3.21. The number of fused-ring (bicyclic) bond motifs is 1. The molecule has 2 unspecified atom stereocenters. The monoisotopic (exact) mass is 398 g/mol. The highest BCUT2D eigenvalue weighted by Gasteiger charge is 2.35. The Morgan fingerprint density at radius 2 is 1.69 bits per heavy atom. The van der Waals surface area contributed by atoms with Gasteiger partial charge in [0.2, 0.25) is 0 Å². The Kier molecular flexibility index (Phi) is 6.96. The molecular formula is C24H38N4O. The third-order valence-corrected chi connectivity index (χ3v) is 7.20. The van der Waals surface area contributed by atoms with Crippen molar-refractivity contribution in [2.45, 2.75) is 52.0 Å². The van der Waals surface area contributed by atoms with Gasteiger partial charge in [-0.15, -0.1) is 0 Å². The van der Waals surface area contributed by atoms with Crippen LogP contribution in [-0.4, -0.2) is 55.3 Å². The van der Waals surface area contributed by atoms with Gasteiger partial charge in [-0.25, -0.2) is 4.99 Å². The van der Waals surface area contributed by atoms with Crippen molar-refractivity contribution >= 4 is 11.6 Å². The van der Waals surface area contributed by atoms with E-state index in [1.165, 1.54) is 50.0 Å². The van der Waals surface area contributed by atoms with Crippen molar-refractivity contribution in [1.29, 1.82) is 0 Å². The highest BCUT2D eigenvalue weighted by atomic mass is 16.3. The zero-order chi connectivity index (χ0) is 20.1. The number of piperidine rings is 1. The molecule has 4 rings (SSSR count). The summed E-state index contributed by atoms with van der Waals surface area (Å²) in [6.45, 7) is 8.60. The van der Waals surface area contributed by atoms with Crippen molar-refractivity contribution in [1.82, 2.24) is 10.2 Å². The van der Waals surface area contributed by atoms with Crippen LogP contribution in [0.15, 0.2) is 29.3 Å². The first-order valence-electron chi connectivity index (χ1n) is 11.7. The summed E-state index contributed by atoms with van der Waals surface area (Å²) >= 11 is 0. The van der Waals surface area contributed by atoms with Gasteiger partial charge >= 0.3 is 0 Å². The Morgan fingerprint density at radius 3 is 2.28 bits per heavy atom. The SMILES string of the molecule is CCNC(=NCc1ccc(N2CCC(CO)CC2)cc1)N1CC2CCCCC2C1. The molecule has 29 heavy (non-hydrogen) atoms. The van der Waals surface area contributed by atoms with Crippen LogP contribution in [0.2, 0.25) is 0 Å². The lowest BCUT2D eigenvalue weighted by atomic mass is 9.82. The van der Waals surface area contributed by atoms with Crippen molar-refractivity contribution in [3.05, 3.63) is 29.8 Å². The molecule has 0 bridgehead atoms. The Morgan fingerprint density at radius 1 is 1.03 bits per heavy atom. The number of hydrogen-bond donors (Lipinski definition) is 2. The van der Waals surface area contributed by atoms with Gasteiger partial charge in [0, 0.05) is 45.0 Å². The normalized spacial score (nSPS) is 25.9. The number of aliphatic hydroxyl groups is 1. The number of guanidine groups is 1. The second kappa shape index (κ2) is 9.84. The maximum Gasteiger partial charge on any atom is 0.194 e. The second-order valence-electron chi connectivity index (χ2n) is 9.16. The summed E-state index contributed by atoms with van der Waals surface area (Å²) in [5.41, 5.74) is 2.57. The number of nitrogens with zero attached hydrogens (tertiary/aromatic N) is 3. The molecule has 2 heterocycles. The summed E-state index contributed by atoms with van der Waals surface area (Å²) in [7, 11) is 0. The average molecular weight is 399 g/mol. The van der Waals surface area contributed by atoms with Crippen molar-refractivity contribution in [2.24, 2.45) is 22.7 Å². The zero-order valence-corrected chi connectivity index (χ0v) is 18.0. The van der Waals surface area contributed by atoms with Crippen LogP contribution in [0.5, 0.6) is 0 Å². The van der Waals surface area contributed by atoms with Gasteiger partial charge in [0.25, 0.3) is 0 Å². The fourth-order valence-electron chi connectivity index (χ4n) is 5.36. The number of likely N-dealkylation sites (tertiary alicyclic amines) is 1. The first kappa shape index (κ1) is 20.5. The standard InChI is InChI=1S/C24H38N4O/c1-2-25-24(28-16-21-5-3-4-6-22(21)17-28)26-15-19-7-9-23(10-8-19)27-13-11-20(18-29)12-14-27/h7-10,20-22,29H,2-6,11-18H2,1H3,(H,25,26). The molecule has 5 heteroatoms. The molecule has 2 atom stereocenters. The van der Waals surface area contributed by atoms with Gasteiger partial charge in [0.05, 0.1) is 6.54 Å². The van der Waals surface area contributed by atoms with E-state index in [0.29, 0.717) is 12.5 Å². The van der Waals surface area contributed by atoms with Gasteiger partial charge in [0.1, 0.15) is 0 Å². The fourth-order valence-corrected chi connectivity index (χ4v) is 5.36. The van der Waals surface area contributed by atoms with Crippen LogP contribution in [0, 0.1) is 17.8 Å². The van der Waals surface area contributed by atoms with Crippen molar-refractivity contribution in [3.8, 4) is 0 Å². The number of nitrogens with one attached hydrogen (secondary N) is 1. The van der Waals surface area contributed by atoms with Crippen LogP contribution in [0.1, 0.15) is 51.0 Å². The van der Waals surface area contributed by atoms with E-state index in [1.807, 2.05) is 0 Å². The predicted octanol–water partition coefficient (Wildman–Crippen LogP) is 3.48.